The Kier molecular flexibility index (Phi) is 2.77. The lowest BCUT2D eigenvalue weighted by Crippen LogP contribution is -2.05. The summed E-state index contributed by atoms with van der Waals surface area (Å²) in [5.74, 6) is 0.533. The van der Waals surface area contributed by atoms with Gasteiger partial charge in [0.2, 0.25) is 0 Å². The zero-order chi connectivity index (χ0) is 11.7. The van der Waals surface area contributed by atoms with Gasteiger partial charge in [-0.05, 0) is 29.7 Å². The molecule has 1 atom stereocenters. The van der Waals surface area contributed by atoms with E-state index in [1.165, 1.54) is 16.8 Å². The van der Waals surface area contributed by atoms with Crippen LogP contribution in [0.4, 0.5) is 5.69 Å². The summed E-state index contributed by atoms with van der Waals surface area (Å²) < 4.78 is 0. The van der Waals surface area contributed by atoms with Crippen LogP contribution in [0.2, 0.25) is 5.02 Å². The summed E-state index contributed by atoms with van der Waals surface area (Å²) in [4.78, 5) is 0. The van der Waals surface area contributed by atoms with Crippen molar-refractivity contribution >= 4 is 17.3 Å². The highest BCUT2D eigenvalue weighted by Crippen LogP contribution is 2.34. The van der Waals surface area contributed by atoms with Crippen LogP contribution in [-0.4, -0.2) is 6.54 Å². The Morgan fingerprint density at radius 3 is 2.71 bits per heavy atom. The van der Waals surface area contributed by atoms with Gasteiger partial charge in [0.05, 0.1) is 0 Å². The molecule has 1 aliphatic rings. The van der Waals surface area contributed by atoms with Gasteiger partial charge in [-0.3, -0.25) is 0 Å². The third-order valence-corrected chi connectivity index (χ3v) is 3.73. The van der Waals surface area contributed by atoms with Crippen molar-refractivity contribution in [3.63, 3.8) is 0 Å². The number of fused-ring (bicyclic) bond motifs is 1. The molecule has 1 heterocycles. The lowest BCUT2D eigenvalue weighted by atomic mass is 9.94. The van der Waals surface area contributed by atoms with E-state index in [-0.39, 0.29) is 0 Å². The first-order valence-corrected chi connectivity index (χ1v) is 6.28. The van der Waals surface area contributed by atoms with Crippen molar-refractivity contribution in [1.29, 1.82) is 0 Å². The first kappa shape index (κ1) is 10.7. The molecular weight excluding hydrogens is 230 g/mol. The minimum atomic E-state index is 0.533. The average Bonchev–Trinajstić information content (AvgIpc) is 2.76. The molecule has 2 heteroatoms. The molecule has 0 bridgehead atoms. The number of nitrogens with one attached hydrogen (secondary N) is 1. The number of halogens is 1. The van der Waals surface area contributed by atoms with Crippen molar-refractivity contribution < 1.29 is 0 Å². The quantitative estimate of drug-likeness (QED) is 0.838. The van der Waals surface area contributed by atoms with Crippen LogP contribution in [0, 0.1) is 0 Å². The zero-order valence-corrected chi connectivity index (χ0v) is 10.2. The van der Waals surface area contributed by atoms with Crippen LogP contribution in [0.5, 0.6) is 0 Å². The number of hydrogen-bond donors (Lipinski definition) is 1. The van der Waals surface area contributed by atoms with E-state index in [2.05, 4.69) is 41.7 Å². The fourth-order valence-corrected chi connectivity index (χ4v) is 2.68. The van der Waals surface area contributed by atoms with Crippen LogP contribution in [0.15, 0.2) is 48.5 Å². The molecule has 2 aromatic rings. The molecule has 0 saturated carbocycles. The van der Waals surface area contributed by atoms with Gasteiger partial charge in [-0.1, -0.05) is 48.0 Å². The third kappa shape index (κ3) is 2.03. The number of hydrogen-bond acceptors (Lipinski definition) is 1. The Hall–Kier alpha value is -1.47. The summed E-state index contributed by atoms with van der Waals surface area (Å²) in [6.07, 6.45) is 1.00. The SMILES string of the molecule is Clc1ccccc1CC1CNc2ccccc21. The van der Waals surface area contributed by atoms with Crippen LogP contribution >= 0.6 is 11.6 Å². The first-order chi connectivity index (χ1) is 8.34. The summed E-state index contributed by atoms with van der Waals surface area (Å²) in [7, 11) is 0. The van der Waals surface area contributed by atoms with Crippen molar-refractivity contribution in [2.24, 2.45) is 0 Å². The van der Waals surface area contributed by atoms with E-state index >= 15 is 0 Å². The second-order valence-corrected chi connectivity index (χ2v) is 4.87. The standard InChI is InChI=1S/C15H14ClN/c16-14-7-3-1-5-11(14)9-12-10-17-15-8-4-2-6-13(12)15/h1-8,12,17H,9-10H2. The maximum absolute atomic E-state index is 6.21. The Balaban J connectivity index is 1.87. The average molecular weight is 244 g/mol. The monoisotopic (exact) mass is 243 g/mol. The lowest BCUT2D eigenvalue weighted by molar-refractivity contribution is 0.752. The Labute approximate surface area is 106 Å². The van der Waals surface area contributed by atoms with Crippen molar-refractivity contribution in [2.45, 2.75) is 12.3 Å². The maximum Gasteiger partial charge on any atom is 0.0438 e. The molecule has 2 aromatic carbocycles. The third-order valence-electron chi connectivity index (χ3n) is 3.36. The molecule has 1 nitrogen and oxygen atoms in total. The van der Waals surface area contributed by atoms with Gasteiger partial charge in [0.15, 0.2) is 0 Å². The molecule has 0 fully saturated rings. The molecule has 1 unspecified atom stereocenters. The topological polar surface area (TPSA) is 12.0 Å². The first-order valence-electron chi connectivity index (χ1n) is 5.91. The smallest absolute Gasteiger partial charge is 0.0438 e. The summed E-state index contributed by atoms with van der Waals surface area (Å²) in [5, 5.41) is 4.32. The minimum absolute atomic E-state index is 0.533. The van der Waals surface area contributed by atoms with Crippen molar-refractivity contribution in [3.05, 3.63) is 64.7 Å². The highest BCUT2D eigenvalue weighted by molar-refractivity contribution is 6.31. The number of rotatable bonds is 2. The lowest BCUT2D eigenvalue weighted by Gasteiger charge is -2.11. The zero-order valence-electron chi connectivity index (χ0n) is 9.49. The van der Waals surface area contributed by atoms with Crippen LogP contribution in [0.1, 0.15) is 17.0 Å². The van der Waals surface area contributed by atoms with E-state index in [0.29, 0.717) is 5.92 Å². The largest absolute Gasteiger partial charge is 0.384 e. The van der Waals surface area contributed by atoms with E-state index < -0.39 is 0 Å². The van der Waals surface area contributed by atoms with Gasteiger partial charge in [-0.2, -0.15) is 0 Å². The van der Waals surface area contributed by atoms with Crippen molar-refractivity contribution in [3.8, 4) is 0 Å². The molecule has 1 N–H and O–H groups in total. The molecule has 0 radical (unpaired) electrons. The molecule has 0 spiro atoms. The molecule has 0 aromatic heterocycles. The minimum Gasteiger partial charge on any atom is -0.384 e. The van der Waals surface area contributed by atoms with E-state index in [0.717, 1.165) is 18.0 Å². The van der Waals surface area contributed by atoms with Gasteiger partial charge in [-0.25, -0.2) is 0 Å². The fourth-order valence-electron chi connectivity index (χ4n) is 2.47. The molecule has 1 aliphatic heterocycles. The molecule has 0 aliphatic carbocycles. The van der Waals surface area contributed by atoms with Crippen molar-refractivity contribution in [2.75, 3.05) is 11.9 Å². The van der Waals surface area contributed by atoms with Gasteiger partial charge >= 0.3 is 0 Å². The van der Waals surface area contributed by atoms with Gasteiger partial charge in [0.1, 0.15) is 0 Å². The number of para-hydroxylation sites is 1. The Morgan fingerprint density at radius 1 is 1.06 bits per heavy atom. The van der Waals surface area contributed by atoms with Crippen molar-refractivity contribution in [1.82, 2.24) is 0 Å². The molecule has 0 saturated heterocycles. The second-order valence-electron chi connectivity index (χ2n) is 4.46. The molecule has 86 valence electrons. The summed E-state index contributed by atoms with van der Waals surface area (Å²) in [5.41, 5.74) is 3.91. The summed E-state index contributed by atoms with van der Waals surface area (Å²) in [6, 6.07) is 16.6. The van der Waals surface area contributed by atoms with Gasteiger partial charge in [0, 0.05) is 23.2 Å². The highest BCUT2D eigenvalue weighted by atomic mass is 35.5. The predicted molar refractivity (Wildman–Crippen MR) is 72.8 cm³/mol. The van der Waals surface area contributed by atoms with Gasteiger partial charge in [-0.15, -0.1) is 0 Å². The normalized spacial score (nSPS) is 17.6. The Bertz CT molecular complexity index is 536. The van der Waals surface area contributed by atoms with Crippen LogP contribution in [0.3, 0.4) is 0 Å². The predicted octanol–water partition coefficient (Wildman–Crippen LogP) is 4.09. The van der Waals surface area contributed by atoms with E-state index in [1.807, 2.05) is 12.1 Å². The van der Waals surface area contributed by atoms with Gasteiger partial charge < -0.3 is 5.32 Å². The highest BCUT2D eigenvalue weighted by Gasteiger charge is 2.22. The molecule has 17 heavy (non-hydrogen) atoms. The van der Waals surface area contributed by atoms with Gasteiger partial charge in [0.25, 0.3) is 0 Å². The van der Waals surface area contributed by atoms with Crippen LogP contribution in [-0.2, 0) is 6.42 Å². The number of anilines is 1. The summed E-state index contributed by atoms with van der Waals surface area (Å²) >= 11 is 6.21. The van der Waals surface area contributed by atoms with Crippen LogP contribution < -0.4 is 5.32 Å². The molecule has 0 amide bonds. The Morgan fingerprint density at radius 2 is 1.82 bits per heavy atom. The molecular formula is C15H14ClN. The van der Waals surface area contributed by atoms with Crippen LogP contribution in [0.25, 0.3) is 0 Å². The molecule has 3 rings (SSSR count). The second kappa shape index (κ2) is 4.42. The van der Waals surface area contributed by atoms with E-state index in [4.69, 9.17) is 11.6 Å². The van der Waals surface area contributed by atoms with E-state index in [9.17, 15) is 0 Å². The summed E-state index contributed by atoms with van der Waals surface area (Å²) in [6.45, 7) is 1.00. The number of benzene rings is 2. The van der Waals surface area contributed by atoms with E-state index in [1.54, 1.807) is 0 Å². The maximum atomic E-state index is 6.21. The fraction of sp³-hybridized carbons (Fsp3) is 0.200.